The zero-order valence-electron chi connectivity index (χ0n) is 12.1. The van der Waals surface area contributed by atoms with Crippen molar-refractivity contribution in [2.24, 2.45) is 0 Å². The number of hydrogen-bond donors (Lipinski definition) is 1. The molecule has 0 spiro atoms. The number of aryl methyl sites for hydroxylation is 2. The van der Waals surface area contributed by atoms with Crippen molar-refractivity contribution in [2.45, 2.75) is 25.2 Å². The first-order valence-electron chi connectivity index (χ1n) is 6.83. The van der Waals surface area contributed by atoms with Gasteiger partial charge in [-0.05, 0) is 55.7 Å². The molecule has 20 heavy (non-hydrogen) atoms. The Morgan fingerprint density at radius 2 is 1.95 bits per heavy atom. The maximum Gasteiger partial charge on any atom is 0.122 e. The predicted molar refractivity (Wildman–Crippen MR) is 87.6 cm³/mol. The second-order valence-corrected chi connectivity index (χ2v) is 6.06. The molecule has 0 saturated heterocycles. The van der Waals surface area contributed by atoms with Gasteiger partial charge in [0.05, 0.1) is 6.61 Å². The molecule has 3 heteroatoms. The molecular formula is C17H21NOS. The van der Waals surface area contributed by atoms with Gasteiger partial charge in [0.25, 0.3) is 0 Å². The first kappa shape index (κ1) is 14.8. The number of benzene rings is 2. The molecule has 2 nitrogen and oxygen atoms in total. The number of anilines is 1. The molecule has 0 fully saturated rings. The van der Waals surface area contributed by atoms with Gasteiger partial charge >= 0.3 is 0 Å². The van der Waals surface area contributed by atoms with Crippen molar-refractivity contribution in [3.8, 4) is 5.75 Å². The average molecular weight is 287 g/mol. The highest BCUT2D eigenvalue weighted by Crippen LogP contribution is 2.22. The maximum atomic E-state index is 5.84. The van der Waals surface area contributed by atoms with Crippen LogP contribution >= 0.6 is 11.8 Å². The minimum atomic E-state index is 0.750. The molecule has 0 aliphatic carbocycles. The fraction of sp³-hybridized carbons (Fsp3) is 0.294. The van der Waals surface area contributed by atoms with Crippen LogP contribution < -0.4 is 10.5 Å². The fourth-order valence-electron chi connectivity index (χ4n) is 1.90. The molecule has 0 saturated carbocycles. The zero-order valence-corrected chi connectivity index (χ0v) is 12.9. The van der Waals surface area contributed by atoms with Crippen LogP contribution in [0, 0.1) is 13.8 Å². The number of rotatable bonds is 6. The summed E-state index contributed by atoms with van der Waals surface area (Å²) in [4.78, 5) is 1.22. The Kier molecular flexibility index (Phi) is 5.36. The van der Waals surface area contributed by atoms with Crippen molar-refractivity contribution in [3.63, 3.8) is 0 Å². The standard InChI is InChI=1S/C17H21NOS/c1-13-7-8-14(2)17(11-13)19-9-4-10-20-16-6-3-5-15(18)12-16/h3,5-8,11-12H,4,9-10,18H2,1-2H3. The van der Waals surface area contributed by atoms with Gasteiger partial charge < -0.3 is 10.5 Å². The normalized spacial score (nSPS) is 10.5. The van der Waals surface area contributed by atoms with Crippen LogP contribution in [0.1, 0.15) is 17.5 Å². The number of thioether (sulfide) groups is 1. The van der Waals surface area contributed by atoms with E-state index in [1.807, 2.05) is 30.0 Å². The summed E-state index contributed by atoms with van der Waals surface area (Å²) in [5.74, 6) is 2.04. The minimum absolute atomic E-state index is 0.750. The van der Waals surface area contributed by atoms with Crippen LogP contribution in [0.15, 0.2) is 47.4 Å². The second-order valence-electron chi connectivity index (χ2n) is 4.89. The molecule has 0 aliphatic rings. The van der Waals surface area contributed by atoms with Crippen LogP contribution in [-0.4, -0.2) is 12.4 Å². The molecule has 0 amide bonds. The number of nitrogen functional groups attached to an aromatic ring is 1. The van der Waals surface area contributed by atoms with E-state index in [1.54, 1.807) is 0 Å². The van der Waals surface area contributed by atoms with E-state index in [9.17, 15) is 0 Å². The lowest BCUT2D eigenvalue weighted by Crippen LogP contribution is -2.00. The quantitative estimate of drug-likeness (QED) is 0.484. The van der Waals surface area contributed by atoms with Crippen LogP contribution in [0.4, 0.5) is 5.69 Å². The molecule has 0 radical (unpaired) electrons. The molecule has 0 heterocycles. The minimum Gasteiger partial charge on any atom is -0.493 e. The summed E-state index contributed by atoms with van der Waals surface area (Å²) in [5, 5.41) is 0. The highest BCUT2D eigenvalue weighted by molar-refractivity contribution is 7.99. The van der Waals surface area contributed by atoms with Gasteiger partial charge in [-0.1, -0.05) is 18.2 Å². The van der Waals surface area contributed by atoms with E-state index in [2.05, 4.69) is 38.1 Å². The summed E-state index contributed by atoms with van der Waals surface area (Å²) in [7, 11) is 0. The number of hydrogen-bond acceptors (Lipinski definition) is 3. The van der Waals surface area contributed by atoms with Gasteiger partial charge in [-0.3, -0.25) is 0 Å². The van der Waals surface area contributed by atoms with E-state index in [4.69, 9.17) is 10.5 Å². The van der Waals surface area contributed by atoms with Crippen molar-refractivity contribution in [3.05, 3.63) is 53.6 Å². The molecule has 2 aromatic carbocycles. The van der Waals surface area contributed by atoms with E-state index in [0.717, 1.165) is 30.2 Å². The Morgan fingerprint density at radius 3 is 2.75 bits per heavy atom. The van der Waals surface area contributed by atoms with Gasteiger partial charge in [0.2, 0.25) is 0 Å². The summed E-state index contributed by atoms with van der Waals surface area (Å²) >= 11 is 1.82. The number of nitrogens with two attached hydrogens (primary N) is 1. The van der Waals surface area contributed by atoms with Gasteiger partial charge in [-0.2, -0.15) is 0 Å². The predicted octanol–water partition coefficient (Wildman–Crippen LogP) is 4.45. The molecule has 2 rings (SSSR count). The van der Waals surface area contributed by atoms with Gasteiger partial charge in [0.15, 0.2) is 0 Å². The highest BCUT2D eigenvalue weighted by atomic mass is 32.2. The third-order valence-corrected chi connectivity index (χ3v) is 4.10. The van der Waals surface area contributed by atoms with Crippen molar-refractivity contribution < 1.29 is 4.74 Å². The molecular weight excluding hydrogens is 266 g/mol. The van der Waals surface area contributed by atoms with Crippen LogP contribution in [0.2, 0.25) is 0 Å². The molecule has 0 aromatic heterocycles. The van der Waals surface area contributed by atoms with E-state index >= 15 is 0 Å². The largest absolute Gasteiger partial charge is 0.493 e. The average Bonchev–Trinajstić information content (AvgIpc) is 2.42. The van der Waals surface area contributed by atoms with E-state index in [1.165, 1.54) is 16.0 Å². The first-order valence-corrected chi connectivity index (χ1v) is 7.82. The fourth-order valence-corrected chi connectivity index (χ4v) is 2.79. The smallest absolute Gasteiger partial charge is 0.122 e. The number of ether oxygens (including phenoxy) is 1. The van der Waals surface area contributed by atoms with Crippen LogP contribution in [0.3, 0.4) is 0 Å². The Balaban J connectivity index is 1.73. The van der Waals surface area contributed by atoms with Crippen molar-refractivity contribution in [1.82, 2.24) is 0 Å². The summed E-state index contributed by atoms with van der Waals surface area (Å²) in [6.45, 7) is 4.91. The Labute approximate surface area is 125 Å². The van der Waals surface area contributed by atoms with E-state index in [0.29, 0.717) is 0 Å². The second kappa shape index (κ2) is 7.25. The molecule has 0 atom stereocenters. The maximum absolute atomic E-state index is 5.84. The highest BCUT2D eigenvalue weighted by Gasteiger charge is 2.00. The van der Waals surface area contributed by atoms with Crippen LogP contribution in [0.5, 0.6) is 5.75 Å². The lowest BCUT2D eigenvalue weighted by Gasteiger charge is -2.10. The first-order chi connectivity index (χ1) is 9.65. The monoisotopic (exact) mass is 287 g/mol. The van der Waals surface area contributed by atoms with Gasteiger partial charge in [-0.25, -0.2) is 0 Å². The SMILES string of the molecule is Cc1ccc(C)c(OCCCSc2cccc(N)c2)c1. The summed E-state index contributed by atoms with van der Waals surface area (Å²) in [5.41, 5.74) is 9.01. The zero-order chi connectivity index (χ0) is 14.4. The third kappa shape index (κ3) is 4.49. The van der Waals surface area contributed by atoms with Gasteiger partial charge in [0.1, 0.15) is 5.75 Å². The van der Waals surface area contributed by atoms with Crippen LogP contribution in [0.25, 0.3) is 0 Å². The lowest BCUT2D eigenvalue weighted by molar-refractivity contribution is 0.316. The van der Waals surface area contributed by atoms with E-state index in [-0.39, 0.29) is 0 Å². The molecule has 2 aromatic rings. The third-order valence-electron chi connectivity index (χ3n) is 3.02. The Bertz CT molecular complexity index is 569. The molecule has 0 bridgehead atoms. The Morgan fingerprint density at radius 1 is 1.10 bits per heavy atom. The molecule has 106 valence electrons. The molecule has 0 aliphatic heterocycles. The topological polar surface area (TPSA) is 35.2 Å². The summed E-state index contributed by atoms with van der Waals surface area (Å²) in [6.07, 6.45) is 1.02. The van der Waals surface area contributed by atoms with Crippen molar-refractivity contribution >= 4 is 17.4 Å². The lowest BCUT2D eigenvalue weighted by atomic mass is 10.1. The van der Waals surface area contributed by atoms with Crippen molar-refractivity contribution in [2.75, 3.05) is 18.1 Å². The van der Waals surface area contributed by atoms with E-state index < -0.39 is 0 Å². The van der Waals surface area contributed by atoms with Crippen LogP contribution in [-0.2, 0) is 0 Å². The molecule has 2 N–H and O–H groups in total. The summed E-state index contributed by atoms with van der Waals surface area (Å²) in [6, 6.07) is 14.3. The Hall–Kier alpha value is -1.61. The van der Waals surface area contributed by atoms with Gasteiger partial charge in [-0.15, -0.1) is 11.8 Å². The summed E-state index contributed by atoms with van der Waals surface area (Å²) < 4.78 is 5.84. The van der Waals surface area contributed by atoms with Crippen molar-refractivity contribution in [1.29, 1.82) is 0 Å². The van der Waals surface area contributed by atoms with Gasteiger partial charge in [0, 0.05) is 16.3 Å². The molecule has 0 unspecified atom stereocenters.